The second kappa shape index (κ2) is 11.3. The van der Waals surface area contributed by atoms with Gasteiger partial charge in [0.05, 0.1) is 18.6 Å². The molecule has 196 valence electrons. The zero-order valence-electron chi connectivity index (χ0n) is 22.4. The summed E-state index contributed by atoms with van der Waals surface area (Å²) < 4.78 is 18.0. The molecule has 0 amide bonds. The van der Waals surface area contributed by atoms with E-state index < -0.39 is 11.4 Å². The third kappa shape index (κ3) is 6.54. The number of phenols is 1. The van der Waals surface area contributed by atoms with Crippen molar-refractivity contribution in [2.24, 2.45) is 5.41 Å². The number of hydrogen-bond donors (Lipinski definition) is 2. The number of carbonyl (C=O) groups is 1. The summed E-state index contributed by atoms with van der Waals surface area (Å²) in [5, 5.41) is 19.5. The number of carboxylic acids is 1. The summed E-state index contributed by atoms with van der Waals surface area (Å²) in [6, 6.07) is 7.50. The third-order valence-corrected chi connectivity index (χ3v) is 7.19. The molecule has 1 aliphatic rings. The lowest BCUT2D eigenvalue weighted by Gasteiger charge is -2.36. The van der Waals surface area contributed by atoms with E-state index in [1.165, 1.54) is 0 Å². The molecule has 0 saturated carbocycles. The topological polar surface area (TPSA) is 85.2 Å². The Morgan fingerprint density at radius 3 is 2.28 bits per heavy atom. The molecule has 1 aliphatic heterocycles. The molecule has 36 heavy (non-hydrogen) atoms. The van der Waals surface area contributed by atoms with Gasteiger partial charge in [-0.1, -0.05) is 6.08 Å². The molecule has 1 atom stereocenters. The van der Waals surface area contributed by atoms with Crippen molar-refractivity contribution >= 4 is 5.97 Å². The maximum Gasteiger partial charge on any atom is 0.309 e. The highest BCUT2D eigenvalue weighted by molar-refractivity contribution is 5.73. The highest BCUT2D eigenvalue weighted by Crippen LogP contribution is 2.43. The van der Waals surface area contributed by atoms with Crippen molar-refractivity contribution < 1.29 is 29.2 Å². The highest BCUT2D eigenvalue weighted by Gasteiger charge is 2.32. The smallest absolute Gasteiger partial charge is 0.309 e. The zero-order chi connectivity index (χ0) is 26.5. The van der Waals surface area contributed by atoms with Crippen LogP contribution in [0.2, 0.25) is 0 Å². The second-order valence-electron chi connectivity index (χ2n) is 10.6. The lowest BCUT2D eigenvalue weighted by atomic mass is 9.87. The van der Waals surface area contributed by atoms with Crippen molar-refractivity contribution in [1.29, 1.82) is 0 Å². The number of fused-ring (bicyclic) bond motifs is 1. The van der Waals surface area contributed by atoms with Gasteiger partial charge in [-0.25, -0.2) is 0 Å². The number of aromatic hydroxyl groups is 1. The van der Waals surface area contributed by atoms with Gasteiger partial charge in [0.1, 0.15) is 28.6 Å². The van der Waals surface area contributed by atoms with Gasteiger partial charge >= 0.3 is 5.97 Å². The highest BCUT2D eigenvalue weighted by atomic mass is 16.5. The first-order valence-electron chi connectivity index (χ1n) is 12.7. The predicted octanol–water partition coefficient (Wildman–Crippen LogP) is 6.70. The van der Waals surface area contributed by atoms with Crippen molar-refractivity contribution in [3.05, 3.63) is 58.7 Å². The Morgan fingerprint density at radius 2 is 1.67 bits per heavy atom. The summed E-state index contributed by atoms with van der Waals surface area (Å²) in [7, 11) is 0. The predicted molar refractivity (Wildman–Crippen MR) is 142 cm³/mol. The fourth-order valence-corrected chi connectivity index (χ4v) is 4.40. The average molecular weight is 497 g/mol. The van der Waals surface area contributed by atoms with Gasteiger partial charge in [0.25, 0.3) is 0 Å². The minimum absolute atomic E-state index is 0.380. The van der Waals surface area contributed by atoms with E-state index >= 15 is 0 Å². The van der Waals surface area contributed by atoms with Crippen molar-refractivity contribution in [3.8, 4) is 23.0 Å². The summed E-state index contributed by atoms with van der Waals surface area (Å²) >= 11 is 0. The average Bonchev–Trinajstić information content (AvgIpc) is 2.84. The van der Waals surface area contributed by atoms with Crippen LogP contribution in [0.15, 0.2) is 36.4 Å². The Bertz CT molecular complexity index is 1100. The Kier molecular flexibility index (Phi) is 8.59. The van der Waals surface area contributed by atoms with Crippen molar-refractivity contribution in [2.45, 2.75) is 79.2 Å². The quantitative estimate of drug-likeness (QED) is 0.266. The van der Waals surface area contributed by atoms with Crippen LogP contribution in [0.25, 0.3) is 0 Å². The summed E-state index contributed by atoms with van der Waals surface area (Å²) in [6.07, 6.45) is 7.97. The van der Waals surface area contributed by atoms with E-state index in [0.29, 0.717) is 31.8 Å². The van der Waals surface area contributed by atoms with E-state index in [4.69, 9.17) is 14.2 Å². The van der Waals surface area contributed by atoms with Gasteiger partial charge < -0.3 is 24.4 Å². The molecule has 0 saturated heterocycles. The standard InChI is InChI=1S/C30H40O6/c1-20-21(2)27-25(22(3)26(20)31)14-17-30(6,36-27)16-7-8-18-34-23-10-12-24(13-11-23)35-19-9-15-29(4,5)28(32)33/h7,10-13,16,31H,8-9,14-15,17-19H2,1-6H3,(H,32,33)/t30-/m0/s1. The molecule has 6 nitrogen and oxygen atoms in total. The van der Waals surface area contributed by atoms with Crippen molar-refractivity contribution in [2.75, 3.05) is 13.2 Å². The normalized spacial score (nSPS) is 17.5. The molecular weight excluding hydrogens is 456 g/mol. The van der Waals surface area contributed by atoms with Gasteiger partial charge in [0.2, 0.25) is 0 Å². The lowest BCUT2D eigenvalue weighted by Crippen LogP contribution is -2.35. The molecule has 6 heteroatoms. The van der Waals surface area contributed by atoms with Gasteiger partial charge in [-0.3, -0.25) is 4.79 Å². The van der Waals surface area contributed by atoms with Crippen LogP contribution in [0.1, 0.15) is 68.7 Å². The van der Waals surface area contributed by atoms with E-state index in [0.717, 1.165) is 58.8 Å². The minimum atomic E-state index is -0.786. The van der Waals surface area contributed by atoms with Crippen LogP contribution in [0, 0.1) is 26.2 Å². The van der Waals surface area contributed by atoms with Gasteiger partial charge in [-0.15, -0.1) is 0 Å². The second-order valence-corrected chi connectivity index (χ2v) is 10.6. The number of aliphatic carboxylic acids is 1. The fourth-order valence-electron chi connectivity index (χ4n) is 4.40. The van der Waals surface area contributed by atoms with Crippen LogP contribution >= 0.6 is 0 Å². The maximum absolute atomic E-state index is 11.2. The van der Waals surface area contributed by atoms with Crippen molar-refractivity contribution in [3.63, 3.8) is 0 Å². The fraction of sp³-hybridized carbons (Fsp3) is 0.500. The van der Waals surface area contributed by atoms with Crippen LogP contribution in [0.3, 0.4) is 0 Å². The Morgan fingerprint density at radius 1 is 1.06 bits per heavy atom. The largest absolute Gasteiger partial charge is 0.507 e. The molecule has 1 heterocycles. The number of benzene rings is 2. The summed E-state index contributed by atoms with van der Waals surface area (Å²) in [6.45, 7) is 12.5. The summed E-state index contributed by atoms with van der Waals surface area (Å²) in [4.78, 5) is 11.2. The molecule has 0 aliphatic carbocycles. The van der Waals surface area contributed by atoms with E-state index in [1.54, 1.807) is 13.8 Å². The summed E-state index contributed by atoms with van der Waals surface area (Å²) in [5.74, 6) is 2.02. The minimum Gasteiger partial charge on any atom is -0.507 e. The van der Waals surface area contributed by atoms with Crippen LogP contribution in [0.4, 0.5) is 0 Å². The number of phenolic OH excluding ortho intramolecular Hbond substituents is 1. The molecule has 0 aromatic heterocycles. The van der Waals surface area contributed by atoms with E-state index in [2.05, 4.69) is 19.1 Å². The molecule has 2 aromatic rings. The SMILES string of the molecule is Cc1c(C)c2c(c(C)c1O)CC[C@](C)(C=CCCOc1ccc(OCCCC(C)(C)C(=O)O)cc1)O2. The monoisotopic (exact) mass is 496 g/mol. The van der Waals surface area contributed by atoms with E-state index in [9.17, 15) is 15.0 Å². The van der Waals surface area contributed by atoms with Gasteiger partial charge in [0.15, 0.2) is 0 Å². The zero-order valence-corrected chi connectivity index (χ0v) is 22.4. The molecular formula is C30H40O6. The molecule has 3 rings (SSSR count). The Labute approximate surface area is 214 Å². The number of carboxylic acid groups (broad SMARTS) is 1. The number of hydrogen-bond acceptors (Lipinski definition) is 5. The van der Waals surface area contributed by atoms with Crippen LogP contribution in [-0.4, -0.2) is 35.0 Å². The van der Waals surface area contributed by atoms with Gasteiger partial charge in [-0.2, -0.15) is 0 Å². The summed E-state index contributed by atoms with van der Waals surface area (Å²) in [5.41, 5.74) is 2.81. The van der Waals surface area contributed by atoms with Crippen LogP contribution in [0.5, 0.6) is 23.0 Å². The van der Waals surface area contributed by atoms with Gasteiger partial charge in [0, 0.05) is 5.56 Å². The van der Waals surface area contributed by atoms with E-state index in [1.807, 2.05) is 45.0 Å². The first-order chi connectivity index (χ1) is 16.9. The molecule has 0 fully saturated rings. The first-order valence-corrected chi connectivity index (χ1v) is 12.7. The molecule has 0 unspecified atom stereocenters. The molecule has 0 radical (unpaired) electrons. The maximum atomic E-state index is 11.2. The first kappa shape index (κ1) is 27.4. The molecule has 0 spiro atoms. The Balaban J connectivity index is 1.43. The number of rotatable bonds is 11. The number of ether oxygens (including phenoxy) is 3. The van der Waals surface area contributed by atoms with Gasteiger partial charge in [-0.05, 0) is 121 Å². The van der Waals surface area contributed by atoms with Crippen LogP contribution in [-0.2, 0) is 11.2 Å². The molecule has 0 bridgehead atoms. The Hall–Kier alpha value is -3.15. The van der Waals surface area contributed by atoms with E-state index in [-0.39, 0.29) is 5.60 Å². The van der Waals surface area contributed by atoms with Crippen LogP contribution < -0.4 is 14.2 Å². The molecule has 2 N–H and O–H groups in total. The van der Waals surface area contributed by atoms with Crippen molar-refractivity contribution in [1.82, 2.24) is 0 Å². The third-order valence-electron chi connectivity index (χ3n) is 7.19. The molecule has 2 aromatic carbocycles. The lowest BCUT2D eigenvalue weighted by molar-refractivity contribution is -0.147.